The standard InChI is InChI=1S/C22H30OSi/c1-7-21(18(2)3)23-24(22(4,5)6,19-14-10-8-11-15-19)20-16-12-9-13-17-20/h7-18,21H,1H2,2-6H3/t21-/m1/s1. The SMILES string of the molecule is C=C[C@@H](O[Si](c1ccccc1)(c1ccccc1)C(C)(C)C)C(C)C. The molecule has 0 unspecified atom stereocenters. The first-order chi connectivity index (χ1) is 11.3. The van der Waals surface area contributed by atoms with Crippen LogP contribution in [0.4, 0.5) is 0 Å². The van der Waals surface area contributed by atoms with Gasteiger partial charge >= 0.3 is 0 Å². The Bertz CT molecular complexity index is 601. The van der Waals surface area contributed by atoms with Crippen LogP contribution in [0, 0.1) is 5.92 Å². The molecule has 1 atom stereocenters. The molecule has 0 bridgehead atoms. The van der Waals surface area contributed by atoms with Crippen LogP contribution in [0.5, 0.6) is 0 Å². The minimum atomic E-state index is -2.47. The van der Waals surface area contributed by atoms with E-state index < -0.39 is 8.32 Å². The molecule has 0 saturated heterocycles. The van der Waals surface area contributed by atoms with E-state index in [1.165, 1.54) is 10.4 Å². The van der Waals surface area contributed by atoms with Crippen LogP contribution in [0.3, 0.4) is 0 Å². The van der Waals surface area contributed by atoms with Crippen molar-refractivity contribution in [3.63, 3.8) is 0 Å². The van der Waals surface area contributed by atoms with Gasteiger partial charge in [-0.3, -0.25) is 0 Å². The van der Waals surface area contributed by atoms with Crippen molar-refractivity contribution in [3.05, 3.63) is 73.3 Å². The smallest absolute Gasteiger partial charge is 0.261 e. The summed E-state index contributed by atoms with van der Waals surface area (Å²) in [6, 6.07) is 21.5. The van der Waals surface area contributed by atoms with Crippen molar-refractivity contribution < 1.29 is 4.43 Å². The number of rotatable bonds is 6. The van der Waals surface area contributed by atoms with E-state index in [1.54, 1.807) is 0 Å². The first-order valence-corrected chi connectivity index (χ1v) is 10.6. The Balaban J connectivity index is 2.73. The molecule has 2 heteroatoms. The second-order valence-corrected chi connectivity index (χ2v) is 12.0. The summed E-state index contributed by atoms with van der Waals surface area (Å²) in [5.74, 6) is 0.393. The largest absolute Gasteiger partial charge is 0.401 e. The molecule has 0 saturated carbocycles. The minimum Gasteiger partial charge on any atom is -0.401 e. The van der Waals surface area contributed by atoms with Gasteiger partial charge in [-0.05, 0) is 21.3 Å². The molecule has 0 aliphatic rings. The lowest BCUT2D eigenvalue weighted by atomic mass is 10.1. The quantitative estimate of drug-likeness (QED) is 0.544. The molecule has 1 nitrogen and oxygen atoms in total. The molecule has 0 aromatic heterocycles. The van der Waals surface area contributed by atoms with Gasteiger partial charge in [-0.25, -0.2) is 0 Å². The molecular formula is C22H30OSi. The fraction of sp³-hybridized carbons (Fsp3) is 0.364. The molecule has 128 valence electrons. The maximum absolute atomic E-state index is 7.01. The highest BCUT2D eigenvalue weighted by atomic mass is 28.4. The van der Waals surface area contributed by atoms with Gasteiger partial charge in [-0.2, -0.15) is 0 Å². The zero-order valence-electron chi connectivity index (χ0n) is 15.6. The molecular weight excluding hydrogens is 308 g/mol. The summed E-state index contributed by atoms with van der Waals surface area (Å²) in [7, 11) is -2.47. The van der Waals surface area contributed by atoms with Crippen LogP contribution in [-0.4, -0.2) is 14.4 Å². The summed E-state index contributed by atoms with van der Waals surface area (Å²) in [6.45, 7) is 15.3. The van der Waals surface area contributed by atoms with Crippen molar-refractivity contribution in [2.24, 2.45) is 5.92 Å². The van der Waals surface area contributed by atoms with Gasteiger partial charge in [0.25, 0.3) is 8.32 Å². The van der Waals surface area contributed by atoms with Crippen LogP contribution in [0.2, 0.25) is 5.04 Å². The molecule has 0 aliphatic carbocycles. The summed E-state index contributed by atoms with van der Waals surface area (Å²) >= 11 is 0. The van der Waals surface area contributed by atoms with E-state index >= 15 is 0 Å². The molecule has 2 rings (SSSR count). The van der Waals surface area contributed by atoms with Crippen LogP contribution < -0.4 is 10.4 Å². The molecule has 24 heavy (non-hydrogen) atoms. The lowest BCUT2D eigenvalue weighted by molar-refractivity contribution is 0.184. The van der Waals surface area contributed by atoms with Gasteiger partial charge in [0.2, 0.25) is 0 Å². The zero-order valence-corrected chi connectivity index (χ0v) is 16.6. The summed E-state index contributed by atoms with van der Waals surface area (Å²) in [5.41, 5.74) is 0. The number of benzene rings is 2. The molecule has 0 aliphatic heterocycles. The van der Waals surface area contributed by atoms with Gasteiger partial charge < -0.3 is 4.43 Å². The minimum absolute atomic E-state index is 0.00581. The fourth-order valence-corrected chi connectivity index (χ4v) is 8.14. The van der Waals surface area contributed by atoms with Gasteiger partial charge in [-0.1, -0.05) is 101 Å². The fourth-order valence-electron chi connectivity index (χ4n) is 3.35. The Labute approximate surface area is 148 Å². The van der Waals surface area contributed by atoms with Gasteiger partial charge in [0.1, 0.15) is 0 Å². The monoisotopic (exact) mass is 338 g/mol. The van der Waals surface area contributed by atoms with E-state index in [4.69, 9.17) is 4.43 Å². The Morgan fingerprint density at radius 2 is 1.29 bits per heavy atom. The van der Waals surface area contributed by atoms with Crippen molar-refractivity contribution in [1.82, 2.24) is 0 Å². The second-order valence-electron chi connectivity index (χ2n) is 7.73. The van der Waals surface area contributed by atoms with E-state index in [9.17, 15) is 0 Å². The van der Waals surface area contributed by atoms with Crippen molar-refractivity contribution in [2.45, 2.75) is 45.8 Å². The average molecular weight is 339 g/mol. The van der Waals surface area contributed by atoms with Crippen LogP contribution in [0.25, 0.3) is 0 Å². The maximum atomic E-state index is 7.01. The number of hydrogen-bond donors (Lipinski definition) is 0. The molecule has 0 amide bonds. The highest BCUT2D eigenvalue weighted by Gasteiger charge is 2.51. The second kappa shape index (κ2) is 7.50. The van der Waals surface area contributed by atoms with Crippen molar-refractivity contribution >= 4 is 18.7 Å². The topological polar surface area (TPSA) is 9.23 Å². The van der Waals surface area contributed by atoms with Crippen molar-refractivity contribution in [1.29, 1.82) is 0 Å². The van der Waals surface area contributed by atoms with Gasteiger partial charge in [0.05, 0.1) is 6.10 Å². The molecule has 0 spiro atoms. The molecule has 0 N–H and O–H groups in total. The van der Waals surface area contributed by atoms with Gasteiger partial charge in [0.15, 0.2) is 0 Å². The summed E-state index contributed by atoms with van der Waals surface area (Å²) < 4.78 is 7.01. The maximum Gasteiger partial charge on any atom is 0.261 e. The van der Waals surface area contributed by atoms with E-state index in [-0.39, 0.29) is 11.1 Å². The highest BCUT2D eigenvalue weighted by Crippen LogP contribution is 2.38. The van der Waals surface area contributed by atoms with Crippen LogP contribution in [-0.2, 0) is 4.43 Å². The van der Waals surface area contributed by atoms with E-state index in [2.05, 4.69) is 102 Å². The lowest BCUT2D eigenvalue weighted by Gasteiger charge is -2.45. The Kier molecular flexibility index (Phi) is 5.84. The van der Waals surface area contributed by atoms with E-state index in [0.717, 1.165) is 0 Å². The Hall–Kier alpha value is -1.64. The first kappa shape index (κ1) is 18.7. The Morgan fingerprint density at radius 1 is 0.875 bits per heavy atom. The van der Waals surface area contributed by atoms with E-state index in [0.29, 0.717) is 5.92 Å². The van der Waals surface area contributed by atoms with Crippen LogP contribution >= 0.6 is 0 Å². The highest BCUT2D eigenvalue weighted by molar-refractivity contribution is 6.99. The van der Waals surface area contributed by atoms with Crippen LogP contribution in [0.15, 0.2) is 73.3 Å². The predicted molar refractivity (Wildman–Crippen MR) is 108 cm³/mol. The third-order valence-corrected chi connectivity index (χ3v) is 9.65. The number of hydrogen-bond acceptors (Lipinski definition) is 1. The molecule has 0 radical (unpaired) electrons. The summed E-state index contributed by atoms with van der Waals surface area (Å²) in [6.07, 6.45) is 2.00. The summed E-state index contributed by atoms with van der Waals surface area (Å²) in [4.78, 5) is 0. The summed E-state index contributed by atoms with van der Waals surface area (Å²) in [5, 5.41) is 2.64. The van der Waals surface area contributed by atoms with Crippen molar-refractivity contribution in [3.8, 4) is 0 Å². The normalized spacial score (nSPS) is 13.8. The molecule has 0 fully saturated rings. The third kappa shape index (κ3) is 3.55. The average Bonchev–Trinajstić information content (AvgIpc) is 2.56. The molecule has 2 aromatic rings. The molecule has 2 aromatic carbocycles. The Morgan fingerprint density at radius 3 is 1.58 bits per heavy atom. The van der Waals surface area contributed by atoms with Gasteiger partial charge in [-0.15, -0.1) is 6.58 Å². The van der Waals surface area contributed by atoms with Crippen molar-refractivity contribution in [2.75, 3.05) is 0 Å². The molecule has 0 heterocycles. The zero-order chi connectivity index (χ0) is 17.8. The predicted octanol–water partition coefficient (Wildman–Crippen LogP) is 4.77. The van der Waals surface area contributed by atoms with Crippen LogP contribution in [0.1, 0.15) is 34.6 Å². The van der Waals surface area contributed by atoms with E-state index in [1.807, 2.05) is 6.08 Å². The lowest BCUT2D eigenvalue weighted by Crippen LogP contribution is -2.67. The first-order valence-electron chi connectivity index (χ1n) is 8.74. The van der Waals surface area contributed by atoms with Gasteiger partial charge in [0, 0.05) is 0 Å². The third-order valence-electron chi connectivity index (χ3n) is 4.62.